The predicted octanol–water partition coefficient (Wildman–Crippen LogP) is 2.13. The summed E-state index contributed by atoms with van der Waals surface area (Å²) >= 11 is 0. The summed E-state index contributed by atoms with van der Waals surface area (Å²) in [4.78, 5) is 19.6. The molecule has 0 atom stereocenters. The summed E-state index contributed by atoms with van der Waals surface area (Å²) in [6.07, 6.45) is 3.11. The van der Waals surface area contributed by atoms with E-state index < -0.39 is 0 Å². The Bertz CT molecular complexity index is 513. The van der Waals surface area contributed by atoms with Gasteiger partial charge in [-0.05, 0) is 18.2 Å². The highest BCUT2D eigenvalue weighted by atomic mass is 16.5. The third-order valence-electron chi connectivity index (χ3n) is 2.11. The molecular formula is C12H12N4O2. The number of rotatable bonds is 3. The number of pyridine rings is 2. The van der Waals surface area contributed by atoms with E-state index in [1.807, 2.05) is 0 Å². The van der Waals surface area contributed by atoms with Crippen LogP contribution in [0.25, 0.3) is 0 Å². The van der Waals surface area contributed by atoms with Gasteiger partial charge in [-0.2, -0.15) is 0 Å². The SMILES string of the molecule is COc1ccc(NC(=O)Nc2ccccn2)cn1. The molecule has 2 aromatic rings. The lowest BCUT2D eigenvalue weighted by Gasteiger charge is -2.06. The van der Waals surface area contributed by atoms with E-state index in [4.69, 9.17) is 4.74 Å². The van der Waals surface area contributed by atoms with Crippen LogP contribution in [0.5, 0.6) is 5.88 Å². The van der Waals surface area contributed by atoms with Crippen molar-refractivity contribution < 1.29 is 9.53 Å². The second-order valence-electron chi connectivity index (χ2n) is 3.38. The molecule has 0 aromatic carbocycles. The molecule has 0 saturated carbocycles. The van der Waals surface area contributed by atoms with Gasteiger partial charge in [0.2, 0.25) is 5.88 Å². The van der Waals surface area contributed by atoms with Crippen LogP contribution < -0.4 is 15.4 Å². The van der Waals surface area contributed by atoms with Crippen molar-refractivity contribution in [3.8, 4) is 5.88 Å². The molecule has 18 heavy (non-hydrogen) atoms. The van der Waals surface area contributed by atoms with E-state index in [9.17, 15) is 4.79 Å². The number of amides is 2. The molecule has 0 radical (unpaired) electrons. The third-order valence-corrected chi connectivity index (χ3v) is 2.11. The maximum Gasteiger partial charge on any atom is 0.324 e. The Morgan fingerprint density at radius 1 is 1.17 bits per heavy atom. The monoisotopic (exact) mass is 244 g/mol. The van der Waals surface area contributed by atoms with Crippen LogP contribution in [0.3, 0.4) is 0 Å². The second-order valence-corrected chi connectivity index (χ2v) is 3.38. The predicted molar refractivity (Wildman–Crippen MR) is 67.7 cm³/mol. The Balaban J connectivity index is 1.94. The standard InChI is InChI=1S/C12H12N4O2/c1-18-11-6-5-9(8-14-11)15-12(17)16-10-4-2-3-7-13-10/h2-8H,1H3,(H2,13,15,16,17). The average Bonchev–Trinajstić information content (AvgIpc) is 2.40. The summed E-state index contributed by atoms with van der Waals surface area (Å²) < 4.78 is 4.92. The number of urea groups is 1. The first-order valence-corrected chi connectivity index (χ1v) is 5.27. The van der Waals surface area contributed by atoms with Gasteiger partial charge in [-0.15, -0.1) is 0 Å². The summed E-state index contributed by atoms with van der Waals surface area (Å²) in [6.45, 7) is 0. The van der Waals surface area contributed by atoms with Crippen molar-refractivity contribution in [2.45, 2.75) is 0 Å². The second kappa shape index (κ2) is 5.62. The molecule has 0 spiro atoms. The summed E-state index contributed by atoms with van der Waals surface area (Å²) in [5.41, 5.74) is 0.573. The maximum atomic E-state index is 11.6. The van der Waals surface area contributed by atoms with Gasteiger partial charge in [-0.1, -0.05) is 6.07 Å². The molecule has 2 rings (SSSR count). The highest BCUT2D eigenvalue weighted by Gasteiger charge is 2.03. The first kappa shape index (κ1) is 11.8. The smallest absolute Gasteiger partial charge is 0.324 e. The van der Waals surface area contributed by atoms with Crippen molar-refractivity contribution in [2.75, 3.05) is 17.7 Å². The number of methoxy groups -OCH3 is 1. The molecule has 0 bridgehead atoms. The highest BCUT2D eigenvalue weighted by Crippen LogP contribution is 2.11. The first-order valence-electron chi connectivity index (χ1n) is 5.27. The Morgan fingerprint density at radius 3 is 2.67 bits per heavy atom. The molecule has 0 aliphatic heterocycles. The number of ether oxygens (including phenoxy) is 1. The molecule has 0 unspecified atom stereocenters. The quantitative estimate of drug-likeness (QED) is 0.867. The first-order chi connectivity index (χ1) is 8.78. The molecule has 92 valence electrons. The molecule has 0 fully saturated rings. The van der Waals surface area contributed by atoms with Crippen molar-refractivity contribution in [1.82, 2.24) is 9.97 Å². The number of anilines is 2. The van der Waals surface area contributed by atoms with Gasteiger partial charge in [0, 0.05) is 12.3 Å². The van der Waals surface area contributed by atoms with Gasteiger partial charge < -0.3 is 10.1 Å². The van der Waals surface area contributed by atoms with Gasteiger partial charge >= 0.3 is 6.03 Å². The number of carbonyl (C=O) groups excluding carboxylic acids is 1. The van der Waals surface area contributed by atoms with Crippen LogP contribution >= 0.6 is 0 Å². The molecule has 0 aliphatic rings. The maximum absolute atomic E-state index is 11.6. The van der Waals surface area contributed by atoms with Crippen LogP contribution in [0, 0.1) is 0 Å². The molecule has 6 nitrogen and oxygen atoms in total. The Labute approximate surface area is 104 Å². The lowest BCUT2D eigenvalue weighted by molar-refractivity contribution is 0.262. The number of hydrogen-bond acceptors (Lipinski definition) is 4. The minimum atomic E-state index is -0.374. The Morgan fingerprint density at radius 2 is 2.06 bits per heavy atom. The Kier molecular flexibility index (Phi) is 3.70. The largest absolute Gasteiger partial charge is 0.481 e. The van der Waals surface area contributed by atoms with Gasteiger partial charge in [-0.25, -0.2) is 14.8 Å². The molecule has 6 heteroatoms. The zero-order valence-electron chi connectivity index (χ0n) is 9.75. The molecule has 2 amide bonds. The lowest BCUT2D eigenvalue weighted by Crippen LogP contribution is -2.20. The van der Waals surface area contributed by atoms with Crippen LogP contribution in [0.4, 0.5) is 16.3 Å². The van der Waals surface area contributed by atoms with Gasteiger partial charge in [-0.3, -0.25) is 5.32 Å². The molecular weight excluding hydrogens is 232 g/mol. The number of nitrogens with zero attached hydrogens (tertiary/aromatic N) is 2. The zero-order valence-corrected chi connectivity index (χ0v) is 9.75. The fourth-order valence-corrected chi connectivity index (χ4v) is 1.29. The number of hydrogen-bond donors (Lipinski definition) is 2. The zero-order chi connectivity index (χ0) is 12.8. The van der Waals surface area contributed by atoms with E-state index in [2.05, 4.69) is 20.6 Å². The average molecular weight is 244 g/mol. The van der Waals surface area contributed by atoms with Crippen molar-refractivity contribution >= 4 is 17.5 Å². The van der Waals surface area contributed by atoms with E-state index >= 15 is 0 Å². The summed E-state index contributed by atoms with van der Waals surface area (Å²) in [5.74, 6) is 0.974. The normalized spacial score (nSPS) is 9.61. The van der Waals surface area contributed by atoms with Gasteiger partial charge in [0.1, 0.15) is 5.82 Å². The van der Waals surface area contributed by atoms with Crippen molar-refractivity contribution in [3.63, 3.8) is 0 Å². The van der Waals surface area contributed by atoms with Crippen molar-refractivity contribution in [2.24, 2.45) is 0 Å². The van der Waals surface area contributed by atoms with Gasteiger partial charge in [0.25, 0.3) is 0 Å². The summed E-state index contributed by atoms with van der Waals surface area (Å²) in [7, 11) is 1.53. The lowest BCUT2D eigenvalue weighted by atomic mass is 10.4. The third kappa shape index (κ3) is 3.18. The van der Waals surface area contributed by atoms with Crippen LogP contribution in [-0.4, -0.2) is 23.1 Å². The topological polar surface area (TPSA) is 76.1 Å². The highest BCUT2D eigenvalue weighted by molar-refractivity contribution is 5.98. The molecule has 0 saturated heterocycles. The Hall–Kier alpha value is -2.63. The van der Waals surface area contributed by atoms with E-state index in [0.717, 1.165) is 0 Å². The van der Waals surface area contributed by atoms with Gasteiger partial charge in [0.15, 0.2) is 0 Å². The molecule has 0 aliphatic carbocycles. The fraction of sp³-hybridized carbons (Fsp3) is 0.0833. The summed E-state index contributed by atoms with van der Waals surface area (Å²) in [6, 6.07) is 8.25. The van der Waals surface area contributed by atoms with Crippen molar-refractivity contribution in [1.29, 1.82) is 0 Å². The van der Waals surface area contributed by atoms with Crippen LogP contribution in [0.2, 0.25) is 0 Å². The van der Waals surface area contributed by atoms with E-state index in [0.29, 0.717) is 17.4 Å². The van der Waals surface area contributed by atoms with Crippen LogP contribution in [0.1, 0.15) is 0 Å². The minimum absolute atomic E-state index is 0.374. The molecule has 2 aromatic heterocycles. The van der Waals surface area contributed by atoms with E-state index in [1.54, 1.807) is 36.5 Å². The number of carbonyl (C=O) groups is 1. The number of aromatic nitrogens is 2. The van der Waals surface area contributed by atoms with Crippen molar-refractivity contribution in [3.05, 3.63) is 42.7 Å². The van der Waals surface area contributed by atoms with E-state index in [1.165, 1.54) is 13.3 Å². The fourth-order valence-electron chi connectivity index (χ4n) is 1.29. The number of nitrogens with one attached hydrogen (secondary N) is 2. The molecule has 2 heterocycles. The van der Waals surface area contributed by atoms with Gasteiger partial charge in [0.05, 0.1) is 19.0 Å². The van der Waals surface area contributed by atoms with E-state index in [-0.39, 0.29) is 6.03 Å². The van der Waals surface area contributed by atoms with Crippen LogP contribution in [-0.2, 0) is 0 Å². The summed E-state index contributed by atoms with van der Waals surface area (Å²) in [5, 5.41) is 5.23. The van der Waals surface area contributed by atoms with Crippen LogP contribution in [0.15, 0.2) is 42.7 Å². The minimum Gasteiger partial charge on any atom is -0.481 e. The molecule has 2 N–H and O–H groups in total.